The lowest BCUT2D eigenvalue weighted by Gasteiger charge is -2.33. The van der Waals surface area contributed by atoms with Crippen LogP contribution < -0.4 is 10.6 Å². The number of benzene rings is 2. The van der Waals surface area contributed by atoms with Gasteiger partial charge in [0.05, 0.1) is 11.7 Å². The summed E-state index contributed by atoms with van der Waals surface area (Å²) in [5.41, 5.74) is 1.59. The second-order valence-electron chi connectivity index (χ2n) is 10.5. The molecule has 0 bridgehead atoms. The standard InChI is InChI=1S/C29H33F4N5O/c30-22-6-4-19(5-7-22)18-38-14-12-20(13-15-38)26-17-34-28(36-24-3-1-2-21(16-24)29(31,32)33)37-27(26)35-23-8-10-25(39)11-9-23/h1-7,16-17,20,23,25,39H,8-15,18H2,(H2,34,35,36,37). The van der Waals surface area contributed by atoms with Gasteiger partial charge in [-0.25, -0.2) is 9.37 Å². The van der Waals surface area contributed by atoms with Gasteiger partial charge in [-0.2, -0.15) is 18.2 Å². The van der Waals surface area contributed by atoms with Crippen LogP contribution in [0.15, 0.2) is 54.7 Å². The van der Waals surface area contributed by atoms with Crippen molar-refractivity contribution in [2.75, 3.05) is 23.7 Å². The molecule has 3 N–H and O–H groups in total. The number of hydrogen-bond acceptors (Lipinski definition) is 6. The number of rotatable bonds is 7. The normalized spacial score (nSPS) is 21.1. The van der Waals surface area contributed by atoms with E-state index in [0.717, 1.165) is 81.4 Å². The van der Waals surface area contributed by atoms with Crippen molar-refractivity contribution in [3.63, 3.8) is 0 Å². The average Bonchev–Trinajstić information content (AvgIpc) is 2.92. The quantitative estimate of drug-likeness (QED) is 0.297. The van der Waals surface area contributed by atoms with Gasteiger partial charge in [0.15, 0.2) is 0 Å². The van der Waals surface area contributed by atoms with Gasteiger partial charge in [-0.3, -0.25) is 4.90 Å². The monoisotopic (exact) mass is 543 g/mol. The van der Waals surface area contributed by atoms with Crippen LogP contribution >= 0.6 is 0 Å². The minimum Gasteiger partial charge on any atom is -0.393 e. The van der Waals surface area contributed by atoms with E-state index >= 15 is 0 Å². The molecule has 208 valence electrons. The predicted octanol–water partition coefficient (Wildman–Crippen LogP) is 6.47. The van der Waals surface area contributed by atoms with E-state index in [-0.39, 0.29) is 35.5 Å². The van der Waals surface area contributed by atoms with Crippen LogP contribution in [0.25, 0.3) is 0 Å². The Balaban J connectivity index is 1.31. The third-order valence-corrected chi connectivity index (χ3v) is 7.65. The zero-order chi connectivity index (χ0) is 27.4. The molecule has 1 saturated carbocycles. The number of nitrogens with zero attached hydrogens (tertiary/aromatic N) is 3. The SMILES string of the molecule is OC1CCC(Nc2nc(Nc3cccc(C(F)(F)F)c3)ncc2C2CCN(Cc3ccc(F)cc3)CC2)CC1. The number of aliphatic hydroxyl groups is 1. The van der Waals surface area contributed by atoms with Crippen LogP contribution in [0, 0.1) is 5.82 Å². The highest BCUT2D eigenvalue weighted by Crippen LogP contribution is 2.35. The molecule has 0 amide bonds. The minimum atomic E-state index is -4.44. The molecule has 1 aliphatic heterocycles. The van der Waals surface area contributed by atoms with Crippen molar-refractivity contribution in [2.24, 2.45) is 0 Å². The van der Waals surface area contributed by atoms with E-state index in [1.54, 1.807) is 12.3 Å². The van der Waals surface area contributed by atoms with Gasteiger partial charge in [0.25, 0.3) is 0 Å². The summed E-state index contributed by atoms with van der Waals surface area (Å²) in [6.07, 6.45) is 1.94. The van der Waals surface area contributed by atoms with Crippen molar-refractivity contribution in [3.8, 4) is 0 Å². The van der Waals surface area contributed by atoms with Crippen LogP contribution in [-0.4, -0.2) is 45.2 Å². The molecule has 2 heterocycles. The number of piperidine rings is 1. The summed E-state index contributed by atoms with van der Waals surface area (Å²) in [4.78, 5) is 11.5. The Kier molecular flexibility index (Phi) is 8.32. The third-order valence-electron chi connectivity index (χ3n) is 7.65. The molecule has 2 fully saturated rings. The van der Waals surface area contributed by atoms with E-state index in [2.05, 4.69) is 20.5 Å². The molecule has 1 aliphatic carbocycles. The minimum absolute atomic E-state index is 0.155. The third kappa shape index (κ3) is 7.24. The summed E-state index contributed by atoms with van der Waals surface area (Å²) in [5.74, 6) is 0.910. The summed E-state index contributed by atoms with van der Waals surface area (Å²) in [6, 6.07) is 11.7. The van der Waals surface area contributed by atoms with E-state index in [4.69, 9.17) is 4.98 Å². The fourth-order valence-corrected chi connectivity index (χ4v) is 5.43. The summed E-state index contributed by atoms with van der Waals surface area (Å²) in [6.45, 7) is 2.52. The fraction of sp³-hybridized carbons (Fsp3) is 0.448. The number of nitrogens with one attached hydrogen (secondary N) is 2. The summed E-state index contributed by atoms with van der Waals surface area (Å²) in [5, 5.41) is 16.4. The molecule has 5 rings (SSSR count). The molecule has 6 nitrogen and oxygen atoms in total. The topological polar surface area (TPSA) is 73.3 Å². The van der Waals surface area contributed by atoms with Crippen molar-refractivity contribution in [1.29, 1.82) is 0 Å². The first-order valence-electron chi connectivity index (χ1n) is 13.5. The predicted molar refractivity (Wildman–Crippen MR) is 142 cm³/mol. The Morgan fingerprint density at radius 3 is 2.36 bits per heavy atom. The first kappa shape index (κ1) is 27.3. The van der Waals surface area contributed by atoms with E-state index in [1.165, 1.54) is 18.2 Å². The van der Waals surface area contributed by atoms with Crippen molar-refractivity contribution >= 4 is 17.5 Å². The van der Waals surface area contributed by atoms with Crippen molar-refractivity contribution in [2.45, 2.75) is 69.3 Å². The zero-order valence-electron chi connectivity index (χ0n) is 21.6. The van der Waals surface area contributed by atoms with Gasteiger partial charge in [-0.1, -0.05) is 18.2 Å². The molecule has 0 spiro atoms. The first-order chi connectivity index (χ1) is 18.7. The molecule has 1 saturated heterocycles. The van der Waals surface area contributed by atoms with E-state index in [9.17, 15) is 22.7 Å². The van der Waals surface area contributed by atoms with Crippen LogP contribution in [-0.2, 0) is 12.7 Å². The summed E-state index contributed by atoms with van der Waals surface area (Å²) in [7, 11) is 0. The van der Waals surface area contributed by atoms with Gasteiger partial charge in [-0.15, -0.1) is 0 Å². The maximum atomic E-state index is 13.3. The van der Waals surface area contributed by atoms with Crippen molar-refractivity contribution in [1.82, 2.24) is 14.9 Å². The number of likely N-dealkylation sites (tertiary alicyclic amines) is 1. The highest BCUT2D eigenvalue weighted by molar-refractivity contribution is 5.58. The molecule has 0 unspecified atom stereocenters. The number of halogens is 4. The molecule has 3 aromatic rings. The van der Waals surface area contributed by atoms with Crippen molar-refractivity contribution in [3.05, 3.63) is 77.2 Å². The van der Waals surface area contributed by atoms with Crippen LogP contribution in [0.5, 0.6) is 0 Å². The van der Waals surface area contributed by atoms with E-state index in [0.29, 0.717) is 5.82 Å². The second-order valence-corrected chi connectivity index (χ2v) is 10.5. The second kappa shape index (κ2) is 11.9. The van der Waals surface area contributed by atoms with Crippen LogP contribution in [0.1, 0.15) is 61.1 Å². The number of aromatic nitrogens is 2. The highest BCUT2D eigenvalue weighted by atomic mass is 19.4. The number of anilines is 3. The van der Waals surface area contributed by atoms with Gasteiger partial charge in [-0.05, 0) is 93.4 Å². The molecular weight excluding hydrogens is 510 g/mol. The lowest BCUT2D eigenvalue weighted by Crippen LogP contribution is -2.33. The van der Waals surface area contributed by atoms with Crippen molar-refractivity contribution < 1.29 is 22.7 Å². The summed E-state index contributed by atoms with van der Waals surface area (Å²) >= 11 is 0. The van der Waals surface area contributed by atoms with Crippen LogP contribution in [0.4, 0.5) is 35.0 Å². The molecule has 0 radical (unpaired) electrons. The molecule has 10 heteroatoms. The number of aliphatic hydroxyl groups excluding tert-OH is 1. The van der Waals surface area contributed by atoms with Crippen LogP contribution in [0.2, 0.25) is 0 Å². The lowest BCUT2D eigenvalue weighted by atomic mass is 9.89. The Morgan fingerprint density at radius 2 is 1.67 bits per heavy atom. The van der Waals surface area contributed by atoms with E-state index in [1.807, 2.05) is 12.1 Å². The van der Waals surface area contributed by atoms with Gasteiger partial charge in [0.2, 0.25) is 5.95 Å². The Morgan fingerprint density at radius 1 is 0.949 bits per heavy atom. The number of alkyl halides is 3. The molecule has 0 atom stereocenters. The lowest BCUT2D eigenvalue weighted by molar-refractivity contribution is -0.137. The number of hydrogen-bond donors (Lipinski definition) is 3. The fourth-order valence-electron chi connectivity index (χ4n) is 5.43. The average molecular weight is 544 g/mol. The largest absolute Gasteiger partial charge is 0.416 e. The van der Waals surface area contributed by atoms with E-state index < -0.39 is 11.7 Å². The molecule has 2 aliphatic rings. The molecule has 39 heavy (non-hydrogen) atoms. The molecular formula is C29H33F4N5O. The van der Waals surface area contributed by atoms with Crippen LogP contribution in [0.3, 0.4) is 0 Å². The Labute approximate surface area is 225 Å². The van der Waals surface area contributed by atoms with Gasteiger partial charge in [0, 0.05) is 30.0 Å². The zero-order valence-corrected chi connectivity index (χ0v) is 21.6. The van der Waals surface area contributed by atoms with Gasteiger partial charge < -0.3 is 15.7 Å². The molecule has 1 aromatic heterocycles. The maximum absolute atomic E-state index is 13.3. The summed E-state index contributed by atoms with van der Waals surface area (Å²) < 4.78 is 52.8. The van der Waals surface area contributed by atoms with Gasteiger partial charge in [0.1, 0.15) is 11.6 Å². The Bertz CT molecular complexity index is 1240. The highest BCUT2D eigenvalue weighted by Gasteiger charge is 2.31. The molecule has 2 aromatic carbocycles. The first-order valence-corrected chi connectivity index (χ1v) is 13.5. The smallest absolute Gasteiger partial charge is 0.393 e. The maximum Gasteiger partial charge on any atom is 0.416 e. The van der Waals surface area contributed by atoms with Gasteiger partial charge >= 0.3 is 6.18 Å². The Hall–Kier alpha value is -3.24.